The lowest BCUT2D eigenvalue weighted by Gasteiger charge is -2.01. The SMILES string of the molecule is Cc1noc(CNCc2c(C)nc3sccn23)n1. The van der Waals surface area contributed by atoms with Gasteiger partial charge in [-0.2, -0.15) is 4.98 Å². The first-order chi connectivity index (χ1) is 8.74. The second-order valence-electron chi connectivity index (χ2n) is 4.04. The Morgan fingerprint density at radius 3 is 3.00 bits per heavy atom. The number of hydrogen-bond acceptors (Lipinski definition) is 6. The third-order valence-corrected chi connectivity index (χ3v) is 3.46. The van der Waals surface area contributed by atoms with Gasteiger partial charge in [-0.1, -0.05) is 5.16 Å². The van der Waals surface area contributed by atoms with Crippen molar-refractivity contribution in [1.82, 2.24) is 24.8 Å². The molecule has 0 bridgehead atoms. The van der Waals surface area contributed by atoms with Crippen molar-refractivity contribution < 1.29 is 4.52 Å². The van der Waals surface area contributed by atoms with Gasteiger partial charge < -0.3 is 9.84 Å². The van der Waals surface area contributed by atoms with E-state index >= 15 is 0 Å². The van der Waals surface area contributed by atoms with Crippen molar-refractivity contribution in [3.8, 4) is 0 Å². The van der Waals surface area contributed by atoms with Crippen molar-refractivity contribution in [2.75, 3.05) is 0 Å². The summed E-state index contributed by atoms with van der Waals surface area (Å²) in [7, 11) is 0. The zero-order chi connectivity index (χ0) is 12.5. The third kappa shape index (κ3) is 2.02. The van der Waals surface area contributed by atoms with E-state index in [0.717, 1.165) is 17.2 Å². The van der Waals surface area contributed by atoms with E-state index in [-0.39, 0.29) is 0 Å². The molecule has 94 valence electrons. The van der Waals surface area contributed by atoms with Crippen LogP contribution in [-0.2, 0) is 13.1 Å². The quantitative estimate of drug-likeness (QED) is 0.775. The molecule has 3 heterocycles. The summed E-state index contributed by atoms with van der Waals surface area (Å²) in [5.74, 6) is 1.27. The van der Waals surface area contributed by atoms with Crippen LogP contribution in [0.3, 0.4) is 0 Å². The number of imidazole rings is 1. The van der Waals surface area contributed by atoms with E-state index in [2.05, 4.69) is 24.8 Å². The number of nitrogens with one attached hydrogen (secondary N) is 1. The number of thiazole rings is 1. The molecule has 0 amide bonds. The minimum atomic E-state index is 0.567. The molecule has 0 aliphatic rings. The molecule has 18 heavy (non-hydrogen) atoms. The summed E-state index contributed by atoms with van der Waals surface area (Å²) >= 11 is 1.64. The lowest BCUT2D eigenvalue weighted by Crippen LogP contribution is -2.14. The second kappa shape index (κ2) is 4.51. The number of aryl methyl sites for hydroxylation is 2. The van der Waals surface area contributed by atoms with E-state index < -0.39 is 0 Å². The predicted molar refractivity (Wildman–Crippen MR) is 67.4 cm³/mol. The van der Waals surface area contributed by atoms with E-state index in [4.69, 9.17) is 4.52 Å². The molecule has 0 unspecified atom stereocenters. The van der Waals surface area contributed by atoms with Crippen molar-refractivity contribution in [3.05, 3.63) is 34.7 Å². The normalized spacial score (nSPS) is 11.4. The summed E-state index contributed by atoms with van der Waals surface area (Å²) in [5, 5.41) is 9.07. The highest BCUT2D eigenvalue weighted by atomic mass is 32.1. The van der Waals surface area contributed by atoms with Gasteiger partial charge in [0.2, 0.25) is 5.89 Å². The van der Waals surface area contributed by atoms with Gasteiger partial charge in [-0.15, -0.1) is 11.3 Å². The van der Waals surface area contributed by atoms with Gasteiger partial charge in [0, 0.05) is 18.1 Å². The van der Waals surface area contributed by atoms with Gasteiger partial charge in [-0.3, -0.25) is 4.40 Å². The lowest BCUT2D eigenvalue weighted by molar-refractivity contribution is 0.363. The molecule has 3 aromatic heterocycles. The molecule has 3 aromatic rings. The highest BCUT2D eigenvalue weighted by molar-refractivity contribution is 7.15. The molecule has 1 N–H and O–H groups in total. The van der Waals surface area contributed by atoms with Crippen molar-refractivity contribution >= 4 is 16.3 Å². The van der Waals surface area contributed by atoms with Crippen LogP contribution >= 0.6 is 11.3 Å². The van der Waals surface area contributed by atoms with Gasteiger partial charge in [0.15, 0.2) is 10.8 Å². The van der Waals surface area contributed by atoms with Crippen molar-refractivity contribution in [2.45, 2.75) is 26.9 Å². The molecule has 3 rings (SSSR count). The van der Waals surface area contributed by atoms with Crippen LogP contribution in [-0.4, -0.2) is 19.5 Å². The molecule has 6 nitrogen and oxygen atoms in total. The van der Waals surface area contributed by atoms with Crippen LogP contribution in [0.1, 0.15) is 23.1 Å². The van der Waals surface area contributed by atoms with Gasteiger partial charge >= 0.3 is 0 Å². The molecular formula is C11H13N5OS. The topological polar surface area (TPSA) is 68.2 Å². The van der Waals surface area contributed by atoms with Gasteiger partial charge in [0.1, 0.15) is 0 Å². The molecule has 0 atom stereocenters. The maximum atomic E-state index is 5.04. The smallest absolute Gasteiger partial charge is 0.240 e. The Labute approximate surface area is 108 Å². The van der Waals surface area contributed by atoms with E-state index in [1.807, 2.05) is 25.4 Å². The Morgan fingerprint density at radius 1 is 1.33 bits per heavy atom. The average molecular weight is 263 g/mol. The van der Waals surface area contributed by atoms with Gasteiger partial charge in [0.25, 0.3) is 0 Å². The zero-order valence-electron chi connectivity index (χ0n) is 10.2. The van der Waals surface area contributed by atoms with E-state index in [1.54, 1.807) is 11.3 Å². The van der Waals surface area contributed by atoms with Crippen LogP contribution in [0.2, 0.25) is 0 Å². The number of hydrogen-bond donors (Lipinski definition) is 1. The molecule has 0 fully saturated rings. The number of nitrogens with zero attached hydrogens (tertiary/aromatic N) is 4. The summed E-state index contributed by atoms with van der Waals surface area (Å²) in [6.45, 7) is 5.12. The average Bonchev–Trinajstić information content (AvgIpc) is 2.99. The molecular weight excluding hydrogens is 250 g/mol. The van der Waals surface area contributed by atoms with Crippen LogP contribution in [0.5, 0.6) is 0 Å². The zero-order valence-corrected chi connectivity index (χ0v) is 11.0. The minimum Gasteiger partial charge on any atom is -0.338 e. The molecule has 0 aliphatic carbocycles. The first kappa shape index (κ1) is 11.4. The van der Waals surface area contributed by atoms with Crippen molar-refractivity contribution in [3.63, 3.8) is 0 Å². The van der Waals surface area contributed by atoms with Crippen LogP contribution in [0.4, 0.5) is 0 Å². The summed E-state index contributed by atoms with van der Waals surface area (Å²) in [6.07, 6.45) is 2.04. The fourth-order valence-electron chi connectivity index (χ4n) is 1.85. The first-order valence-electron chi connectivity index (χ1n) is 5.65. The fourth-order valence-corrected chi connectivity index (χ4v) is 2.63. The molecule has 7 heteroatoms. The highest BCUT2D eigenvalue weighted by Gasteiger charge is 2.09. The number of fused-ring (bicyclic) bond motifs is 1. The Bertz CT molecular complexity index is 668. The van der Waals surface area contributed by atoms with Gasteiger partial charge in [-0.05, 0) is 13.8 Å². The van der Waals surface area contributed by atoms with Crippen LogP contribution in [0.25, 0.3) is 4.96 Å². The van der Waals surface area contributed by atoms with Crippen molar-refractivity contribution in [2.24, 2.45) is 0 Å². The first-order valence-corrected chi connectivity index (χ1v) is 6.53. The second-order valence-corrected chi connectivity index (χ2v) is 4.91. The molecule has 0 saturated heterocycles. The van der Waals surface area contributed by atoms with Gasteiger partial charge in [0.05, 0.1) is 17.9 Å². The Morgan fingerprint density at radius 2 is 2.22 bits per heavy atom. The number of aromatic nitrogens is 4. The Kier molecular flexibility index (Phi) is 2.85. The molecule has 0 spiro atoms. The third-order valence-electron chi connectivity index (χ3n) is 2.70. The summed E-state index contributed by atoms with van der Waals surface area (Å²) in [5.41, 5.74) is 2.22. The van der Waals surface area contributed by atoms with Crippen LogP contribution in [0.15, 0.2) is 16.1 Å². The van der Waals surface area contributed by atoms with Crippen LogP contribution < -0.4 is 5.32 Å². The maximum Gasteiger partial charge on any atom is 0.240 e. The Hall–Kier alpha value is -1.73. The standard InChI is InChI=1S/C11H13N5OS/c1-7-9(16-3-4-18-11(16)13-7)5-12-6-10-14-8(2)15-17-10/h3-4,12H,5-6H2,1-2H3. The molecule has 0 radical (unpaired) electrons. The predicted octanol–water partition coefficient (Wildman–Crippen LogP) is 1.69. The molecule has 0 saturated carbocycles. The Balaban J connectivity index is 1.69. The monoisotopic (exact) mass is 263 g/mol. The lowest BCUT2D eigenvalue weighted by atomic mass is 10.3. The van der Waals surface area contributed by atoms with Crippen LogP contribution in [0, 0.1) is 13.8 Å². The van der Waals surface area contributed by atoms with Gasteiger partial charge in [-0.25, -0.2) is 4.98 Å². The largest absolute Gasteiger partial charge is 0.338 e. The number of rotatable bonds is 4. The summed E-state index contributed by atoms with van der Waals surface area (Å²) in [4.78, 5) is 9.66. The maximum absolute atomic E-state index is 5.04. The highest BCUT2D eigenvalue weighted by Crippen LogP contribution is 2.16. The minimum absolute atomic E-state index is 0.567. The fraction of sp³-hybridized carbons (Fsp3) is 0.364. The summed E-state index contributed by atoms with van der Waals surface area (Å²) < 4.78 is 7.15. The van der Waals surface area contributed by atoms with Crippen molar-refractivity contribution in [1.29, 1.82) is 0 Å². The van der Waals surface area contributed by atoms with E-state index in [0.29, 0.717) is 18.3 Å². The summed E-state index contributed by atoms with van der Waals surface area (Å²) in [6, 6.07) is 0. The van der Waals surface area contributed by atoms with E-state index in [9.17, 15) is 0 Å². The molecule has 0 aliphatic heterocycles. The molecule has 0 aromatic carbocycles. The van der Waals surface area contributed by atoms with E-state index in [1.165, 1.54) is 5.69 Å².